The molecular formula is C31H45P. The second-order valence-corrected chi connectivity index (χ2v) is 15.2. The average molecular weight is 449 g/mol. The molecule has 2 aromatic carbocycles. The number of hydrogen-bond acceptors (Lipinski definition) is 0. The van der Waals surface area contributed by atoms with Gasteiger partial charge >= 0.3 is 0 Å². The summed E-state index contributed by atoms with van der Waals surface area (Å²) in [5, 5.41) is 2.30. The van der Waals surface area contributed by atoms with Crippen LogP contribution in [0.25, 0.3) is 17.2 Å². The Labute approximate surface area is 199 Å². The second-order valence-electron chi connectivity index (χ2n) is 11.6. The zero-order valence-electron chi connectivity index (χ0n) is 21.9. The smallest absolute Gasteiger partial charge is 0.0101 e. The lowest BCUT2D eigenvalue weighted by atomic mass is 9.83. The number of benzene rings is 2. The molecule has 3 rings (SSSR count). The fourth-order valence-corrected chi connectivity index (χ4v) is 10.3. The van der Waals surface area contributed by atoms with Crippen LogP contribution in [-0.2, 0) is 0 Å². The molecule has 0 atom stereocenters. The first kappa shape index (κ1) is 25.2. The molecule has 1 aliphatic rings. The summed E-state index contributed by atoms with van der Waals surface area (Å²) in [5.74, 6) is 0.947. The SMILES string of the molecule is C=Cc1cc(C(C)C)c(-c2ccccc2P2C(C)(C)CCCCCC2(C)C)c(C(C)C)c1. The predicted octanol–water partition coefficient (Wildman–Crippen LogP) is 9.87. The Morgan fingerprint density at radius 1 is 0.812 bits per heavy atom. The van der Waals surface area contributed by atoms with Gasteiger partial charge in [-0.3, -0.25) is 0 Å². The molecule has 0 aromatic heterocycles. The van der Waals surface area contributed by atoms with Crippen molar-refractivity contribution in [2.24, 2.45) is 0 Å². The van der Waals surface area contributed by atoms with E-state index < -0.39 is 0 Å². The zero-order valence-corrected chi connectivity index (χ0v) is 22.8. The van der Waals surface area contributed by atoms with Crippen LogP contribution in [-0.4, -0.2) is 10.3 Å². The molecule has 2 aromatic rings. The van der Waals surface area contributed by atoms with E-state index in [1.807, 2.05) is 6.08 Å². The van der Waals surface area contributed by atoms with Crippen molar-refractivity contribution in [1.82, 2.24) is 0 Å². The van der Waals surface area contributed by atoms with Crippen molar-refractivity contribution in [3.05, 3.63) is 59.7 Å². The molecule has 32 heavy (non-hydrogen) atoms. The van der Waals surface area contributed by atoms with E-state index in [1.54, 1.807) is 5.30 Å². The van der Waals surface area contributed by atoms with Crippen LogP contribution in [0.5, 0.6) is 0 Å². The molecule has 0 N–H and O–H groups in total. The van der Waals surface area contributed by atoms with Gasteiger partial charge in [0.05, 0.1) is 0 Å². The maximum atomic E-state index is 4.09. The van der Waals surface area contributed by atoms with Gasteiger partial charge in [0.1, 0.15) is 0 Å². The van der Waals surface area contributed by atoms with E-state index in [0.29, 0.717) is 22.1 Å². The molecule has 1 saturated heterocycles. The highest BCUT2D eigenvalue weighted by atomic mass is 31.1. The Morgan fingerprint density at radius 2 is 1.31 bits per heavy atom. The van der Waals surface area contributed by atoms with Gasteiger partial charge in [-0.1, -0.05) is 132 Å². The molecule has 0 radical (unpaired) electrons. The molecule has 0 aliphatic carbocycles. The molecule has 174 valence electrons. The van der Waals surface area contributed by atoms with Gasteiger partial charge in [-0.15, -0.1) is 0 Å². The van der Waals surface area contributed by atoms with E-state index >= 15 is 0 Å². The predicted molar refractivity (Wildman–Crippen MR) is 148 cm³/mol. The first-order chi connectivity index (χ1) is 15.0. The number of hydrogen-bond donors (Lipinski definition) is 0. The van der Waals surface area contributed by atoms with Crippen molar-refractivity contribution < 1.29 is 0 Å². The van der Waals surface area contributed by atoms with E-state index in [1.165, 1.54) is 59.9 Å². The molecule has 0 saturated carbocycles. The Kier molecular flexibility index (Phi) is 7.77. The molecule has 0 bridgehead atoms. The molecule has 0 amide bonds. The van der Waals surface area contributed by atoms with E-state index in [-0.39, 0.29) is 7.92 Å². The van der Waals surface area contributed by atoms with Gasteiger partial charge in [0.2, 0.25) is 0 Å². The van der Waals surface area contributed by atoms with E-state index in [4.69, 9.17) is 0 Å². The van der Waals surface area contributed by atoms with Crippen LogP contribution >= 0.6 is 7.92 Å². The average Bonchev–Trinajstić information content (AvgIpc) is 2.71. The van der Waals surface area contributed by atoms with Crippen LogP contribution in [0.15, 0.2) is 43.0 Å². The topological polar surface area (TPSA) is 0 Å². The van der Waals surface area contributed by atoms with Crippen molar-refractivity contribution in [2.45, 2.75) is 110 Å². The molecule has 0 spiro atoms. The van der Waals surface area contributed by atoms with Gasteiger partial charge in [-0.25, -0.2) is 0 Å². The van der Waals surface area contributed by atoms with Gasteiger partial charge in [0.15, 0.2) is 0 Å². The van der Waals surface area contributed by atoms with Gasteiger partial charge in [-0.2, -0.15) is 0 Å². The molecular weight excluding hydrogens is 403 g/mol. The summed E-state index contributed by atoms with van der Waals surface area (Å²) in [5.41, 5.74) is 7.17. The number of rotatable bonds is 5. The second kappa shape index (κ2) is 9.85. The van der Waals surface area contributed by atoms with Crippen LogP contribution < -0.4 is 5.30 Å². The summed E-state index contributed by atoms with van der Waals surface area (Å²) in [4.78, 5) is 0. The minimum Gasteiger partial charge on any atom is -0.0985 e. The summed E-state index contributed by atoms with van der Waals surface area (Å²) in [6.07, 6.45) is 8.80. The normalized spacial score (nSPS) is 19.1. The summed E-state index contributed by atoms with van der Waals surface area (Å²) in [6, 6.07) is 14.2. The van der Waals surface area contributed by atoms with Crippen molar-refractivity contribution in [1.29, 1.82) is 0 Å². The lowest BCUT2D eigenvalue weighted by Gasteiger charge is -2.48. The third-order valence-corrected chi connectivity index (χ3v) is 11.1. The highest BCUT2D eigenvalue weighted by molar-refractivity contribution is 7.68. The molecule has 0 nitrogen and oxygen atoms in total. The molecule has 1 heteroatoms. The lowest BCUT2D eigenvalue weighted by Crippen LogP contribution is -2.37. The van der Waals surface area contributed by atoms with Crippen molar-refractivity contribution in [2.75, 3.05) is 0 Å². The third kappa shape index (κ3) is 5.07. The Morgan fingerprint density at radius 3 is 1.78 bits per heavy atom. The summed E-state index contributed by atoms with van der Waals surface area (Å²) in [7, 11) is -0.336. The molecule has 1 heterocycles. The van der Waals surface area contributed by atoms with Crippen LogP contribution in [0, 0.1) is 0 Å². The third-order valence-electron chi connectivity index (χ3n) is 7.40. The van der Waals surface area contributed by atoms with Gasteiger partial charge in [0, 0.05) is 0 Å². The molecule has 0 unspecified atom stereocenters. The zero-order chi connectivity index (χ0) is 23.7. The monoisotopic (exact) mass is 448 g/mol. The van der Waals surface area contributed by atoms with Gasteiger partial charge in [0.25, 0.3) is 0 Å². The Balaban J connectivity index is 2.35. The minimum atomic E-state index is -0.336. The molecule has 1 aliphatic heterocycles. The van der Waals surface area contributed by atoms with Gasteiger partial charge in [-0.05, 0) is 68.1 Å². The van der Waals surface area contributed by atoms with Crippen LogP contribution in [0.3, 0.4) is 0 Å². The van der Waals surface area contributed by atoms with Crippen LogP contribution in [0.2, 0.25) is 0 Å². The highest BCUT2D eigenvalue weighted by Gasteiger charge is 2.43. The standard InChI is InChI=1S/C31H45P/c1-10-24-20-26(22(2)3)29(27(21-24)23(4)5)25-16-12-13-17-28(25)32-30(6,7)18-14-11-15-19-31(32,8)9/h10,12-13,16-17,20-23H,1,11,14-15,18-19H2,2-9H3. The summed E-state index contributed by atoms with van der Waals surface area (Å²) in [6.45, 7) is 23.7. The fraction of sp³-hybridized carbons (Fsp3) is 0.548. The van der Waals surface area contributed by atoms with Gasteiger partial charge < -0.3 is 0 Å². The van der Waals surface area contributed by atoms with E-state index in [0.717, 1.165) is 0 Å². The first-order valence-corrected chi connectivity index (χ1v) is 14.0. The van der Waals surface area contributed by atoms with Crippen molar-refractivity contribution in [3.63, 3.8) is 0 Å². The quantitative estimate of drug-likeness (QED) is 0.399. The van der Waals surface area contributed by atoms with Crippen molar-refractivity contribution in [3.8, 4) is 11.1 Å². The molecule has 1 fully saturated rings. The van der Waals surface area contributed by atoms with Crippen molar-refractivity contribution >= 4 is 19.3 Å². The summed E-state index contributed by atoms with van der Waals surface area (Å²) >= 11 is 0. The largest absolute Gasteiger partial charge is 0.0985 e. The highest BCUT2D eigenvalue weighted by Crippen LogP contribution is 2.64. The first-order valence-electron chi connectivity index (χ1n) is 12.7. The van der Waals surface area contributed by atoms with Crippen LogP contribution in [0.1, 0.15) is 116 Å². The maximum absolute atomic E-state index is 4.09. The van der Waals surface area contributed by atoms with E-state index in [9.17, 15) is 0 Å². The fourth-order valence-electron chi connectivity index (χ4n) is 5.92. The Bertz CT molecular complexity index is 898. The summed E-state index contributed by atoms with van der Waals surface area (Å²) < 4.78 is 0. The Hall–Kier alpha value is -1.39. The van der Waals surface area contributed by atoms with E-state index in [2.05, 4.69) is 98.4 Å². The minimum absolute atomic E-state index is 0.336. The maximum Gasteiger partial charge on any atom is -0.0101 e. The van der Waals surface area contributed by atoms with Crippen LogP contribution in [0.4, 0.5) is 0 Å². The lowest BCUT2D eigenvalue weighted by molar-refractivity contribution is 0.478.